The Balaban J connectivity index is 2.08. The van der Waals surface area contributed by atoms with Crippen molar-refractivity contribution in [3.8, 4) is 17.2 Å². The number of hydrogen-bond acceptors (Lipinski definition) is 6. The van der Waals surface area contributed by atoms with Gasteiger partial charge in [0.25, 0.3) is 11.8 Å². The van der Waals surface area contributed by atoms with Crippen molar-refractivity contribution in [1.82, 2.24) is 10.7 Å². The summed E-state index contributed by atoms with van der Waals surface area (Å²) in [4.78, 5) is 25.2. The lowest BCUT2D eigenvalue weighted by molar-refractivity contribution is -0.123. The summed E-state index contributed by atoms with van der Waals surface area (Å²) in [6.45, 7) is 3.68. The molecule has 31 heavy (non-hydrogen) atoms. The number of hydrogen-bond donors (Lipinski definition) is 2. The van der Waals surface area contributed by atoms with E-state index in [1.54, 1.807) is 50.6 Å². The number of nitrogens with zero attached hydrogens (tertiary/aromatic N) is 1. The van der Waals surface area contributed by atoms with Gasteiger partial charge in [-0.05, 0) is 52.2 Å². The van der Waals surface area contributed by atoms with Crippen LogP contribution in [0, 0.1) is 5.92 Å². The standard InChI is InChI=1S/C22H26BrN3O5/c1-13(2)20(25-21(27)14-6-8-16(29-3)9-7-14)22(28)26-24-12-15-10-17(23)19(31-5)11-18(15)30-4/h6-13,20H,1-5H3,(H,25,27)(H,26,28). The monoisotopic (exact) mass is 491 g/mol. The van der Waals surface area contributed by atoms with Gasteiger partial charge in [-0.2, -0.15) is 5.10 Å². The molecule has 0 heterocycles. The highest BCUT2D eigenvalue weighted by atomic mass is 79.9. The molecule has 166 valence electrons. The van der Waals surface area contributed by atoms with Crippen molar-refractivity contribution < 1.29 is 23.8 Å². The molecule has 2 rings (SSSR count). The molecule has 0 fully saturated rings. The number of ether oxygens (including phenoxy) is 3. The van der Waals surface area contributed by atoms with Crippen LogP contribution in [0.25, 0.3) is 0 Å². The minimum absolute atomic E-state index is 0.151. The number of nitrogens with one attached hydrogen (secondary N) is 2. The summed E-state index contributed by atoms with van der Waals surface area (Å²) < 4.78 is 16.4. The number of carbonyl (C=O) groups is 2. The highest BCUT2D eigenvalue weighted by Crippen LogP contribution is 2.31. The summed E-state index contributed by atoms with van der Waals surface area (Å²) in [6.07, 6.45) is 1.46. The molecule has 1 atom stereocenters. The van der Waals surface area contributed by atoms with Crippen LogP contribution in [0.4, 0.5) is 0 Å². The lowest BCUT2D eigenvalue weighted by Gasteiger charge is -2.20. The molecule has 8 nitrogen and oxygen atoms in total. The molecular weight excluding hydrogens is 466 g/mol. The van der Waals surface area contributed by atoms with Crippen molar-refractivity contribution in [2.45, 2.75) is 19.9 Å². The first-order valence-electron chi connectivity index (χ1n) is 9.50. The maximum atomic E-state index is 12.6. The van der Waals surface area contributed by atoms with Gasteiger partial charge in [0.15, 0.2) is 0 Å². The number of methoxy groups -OCH3 is 3. The maximum absolute atomic E-state index is 12.6. The average Bonchev–Trinajstić information content (AvgIpc) is 2.77. The van der Waals surface area contributed by atoms with Crippen LogP contribution in [0.15, 0.2) is 46.0 Å². The van der Waals surface area contributed by atoms with Gasteiger partial charge in [-0.3, -0.25) is 9.59 Å². The van der Waals surface area contributed by atoms with E-state index in [2.05, 4.69) is 31.8 Å². The molecule has 0 bridgehead atoms. The minimum atomic E-state index is -0.767. The summed E-state index contributed by atoms with van der Waals surface area (Å²) in [5.74, 6) is 0.845. The zero-order chi connectivity index (χ0) is 23.0. The summed E-state index contributed by atoms with van der Waals surface area (Å²) in [5.41, 5.74) is 3.54. The molecule has 0 spiro atoms. The number of halogens is 1. The van der Waals surface area contributed by atoms with Crippen LogP contribution in [0.5, 0.6) is 17.2 Å². The Kier molecular flexibility index (Phi) is 8.87. The molecular formula is C22H26BrN3O5. The van der Waals surface area contributed by atoms with Gasteiger partial charge >= 0.3 is 0 Å². The third-order valence-corrected chi connectivity index (χ3v) is 5.09. The normalized spacial score (nSPS) is 11.8. The van der Waals surface area contributed by atoms with Crippen molar-refractivity contribution in [3.63, 3.8) is 0 Å². The Morgan fingerprint density at radius 2 is 1.65 bits per heavy atom. The largest absolute Gasteiger partial charge is 0.497 e. The third kappa shape index (κ3) is 6.45. The topological polar surface area (TPSA) is 98.2 Å². The summed E-state index contributed by atoms with van der Waals surface area (Å²) in [5, 5.41) is 6.77. The van der Waals surface area contributed by atoms with Crippen LogP contribution in [0.3, 0.4) is 0 Å². The molecule has 0 aliphatic carbocycles. The number of benzene rings is 2. The number of carbonyl (C=O) groups excluding carboxylic acids is 2. The fourth-order valence-corrected chi connectivity index (χ4v) is 3.24. The van der Waals surface area contributed by atoms with Gasteiger partial charge in [-0.15, -0.1) is 0 Å². The lowest BCUT2D eigenvalue weighted by Crippen LogP contribution is -2.48. The lowest BCUT2D eigenvalue weighted by atomic mass is 10.0. The van der Waals surface area contributed by atoms with E-state index < -0.39 is 11.9 Å². The van der Waals surface area contributed by atoms with Gasteiger partial charge in [-0.25, -0.2) is 5.43 Å². The fourth-order valence-electron chi connectivity index (χ4n) is 2.72. The van der Waals surface area contributed by atoms with Gasteiger partial charge in [0.05, 0.1) is 32.0 Å². The maximum Gasteiger partial charge on any atom is 0.262 e. The van der Waals surface area contributed by atoms with E-state index in [-0.39, 0.29) is 11.8 Å². The number of rotatable bonds is 9. The molecule has 0 aliphatic heterocycles. The second kappa shape index (κ2) is 11.4. The molecule has 2 N–H and O–H groups in total. The van der Waals surface area contributed by atoms with Crippen molar-refractivity contribution >= 4 is 34.0 Å². The highest BCUT2D eigenvalue weighted by molar-refractivity contribution is 9.10. The molecule has 1 unspecified atom stereocenters. The molecule has 0 saturated heterocycles. The van der Waals surface area contributed by atoms with E-state index in [9.17, 15) is 9.59 Å². The summed E-state index contributed by atoms with van der Waals surface area (Å²) in [7, 11) is 4.64. The predicted molar refractivity (Wildman–Crippen MR) is 122 cm³/mol. The second-order valence-electron chi connectivity index (χ2n) is 6.89. The Morgan fingerprint density at radius 3 is 2.19 bits per heavy atom. The highest BCUT2D eigenvalue weighted by Gasteiger charge is 2.24. The zero-order valence-electron chi connectivity index (χ0n) is 18.1. The van der Waals surface area contributed by atoms with Crippen molar-refractivity contribution in [1.29, 1.82) is 0 Å². The van der Waals surface area contributed by atoms with Crippen molar-refractivity contribution in [3.05, 3.63) is 52.0 Å². The summed E-state index contributed by atoms with van der Waals surface area (Å²) >= 11 is 3.41. The van der Waals surface area contributed by atoms with Crippen molar-refractivity contribution in [2.24, 2.45) is 11.0 Å². The third-order valence-electron chi connectivity index (χ3n) is 4.47. The SMILES string of the molecule is COc1ccc(C(=O)NC(C(=O)NN=Cc2cc(Br)c(OC)cc2OC)C(C)C)cc1. The molecule has 0 aliphatic rings. The van der Waals surface area contributed by atoms with E-state index in [4.69, 9.17) is 14.2 Å². The van der Waals surface area contributed by atoms with Gasteiger partial charge in [0, 0.05) is 17.2 Å². The van der Waals surface area contributed by atoms with Crippen LogP contribution in [-0.2, 0) is 4.79 Å². The molecule has 0 aromatic heterocycles. The first kappa shape index (κ1) is 24.2. The van der Waals surface area contributed by atoms with Crippen LogP contribution in [0.1, 0.15) is 29.8 Å². The van der Waals surface area contributed by atoms with Gasteiger partial charge in [0.1, 0.15) is 23.3 Å². The van der Waals surface area contributed by atoms with Gasteiger partial charge in [-0.1, -0.05) is 13.8 Å². The number of amides is 2. The van der Waals surface area contributed by atoms with Crippen molar-refractivity contribution in [2.75, 3.05) is 21.3 Å². The smallest absolute Gasteiger partial charge is 0.262 e. The predicted octanol–water partition coefficient (Wildman–Crippen LogP) is 3.38. The van der Waals surface area contributed by atoms with E-state index in [0.29, 0.717) is 28.4 Å². The average molecular weight is 492 g/mol. The Labute approximate surface area is 190 Å². The molecule has 2 aromatic carbocycles. The van der Waals surface area contributed by atoms with Gasteiger partial charge in [0.2, 0.25) is 0 Å². The van der Waals surface area contributed by atoms with Crippen LogP contribution in [0.2, 0.25) is 0 Å². The van der Waals surface area contributed by atoms with E-state index in [1.165, 1.54) is 13.3 Å². The molecule has 2 aromatic rings. The molecule has 9 heteroatoms. The molecule has 0 radical (unpaired) electrons. The van der Waals surface area contributed by atoms with Gasteiger partial charge < -0.3 is 19.5 Å². The Hall–Kier alpha value is -3.07. The van der Waals surface area contributed by atoms with Crippen LogP contribution < -0.4 is 25.0 Å². The summed E-state index contributed by atoms with van der Waals surface area (Å²) in [6, 6.07) is 9.34. The quantitative estimate of drug-likeness (QED) is 0.413. The first-order valence-corrected chi connectivity index (χ1v) is 10.3. The first-order chi connectivity index (χ1) is 14.8. The molecule has 2 amide bonds. The van der Waals surface area contributed by atoms with Crippen LogP contribution >= 0.6 is 15.9 Å². The zero-order valence-corrected chi connectivity index (χ0v) is 19.6. The number of hydrazone groups is 1. The van der Waals surface area contributed by atoms with Crippen LogP contribution in [-0.4, -0.2) is 45.4 Å². The van der Waals surface area contributed by atoms with E-state index >= 15 is 0 Å². The van der Waals surface area contributed by atoms with E-state index in [0.717, 1.165) is 4.47 Å². The van der Waals surface area contributed by atoms with E-state index in [1.807, 2.05) is 13.8 Å². The Morgan fingerprint density at radius 1 is 1.00 bits per heavy atom. The molecule has 0 saturated carbocycles. The minimum Gasteiger partial charge on any atom is -0.497 e. The second-order valence-corrected chi connectivity index (χ2v) is 7.74. The fraction of sp³-hybridized carbons (Fsp3) is 0.318. The Bertz CT molecular complexity index is 945.